The Bertz CT molecular complexity index is 499. The molecule has 2 amide bonds. The predicted octanol–water partition coefficient (Wildman–Crippen LogP) is 2.29. The molecule has 0 aliphatic carbocycles. The molecule has 1 atom stereocenters. The third-order valence-electron chi connectivity index (χ3n) is 3.74. The Balaban J connectivity index is 1.37. The molecule has 0 spiro atoms. The Morgan fingerprint density at radius 1 is 1.48 bits per heavy atom. The normalized spacial score (nSPS) is 22.0. The van der Waals surface area contributed by atoms with Crippen LogP contribution < -0.4 is 10.1 Å². The highest BCUT2D eigenvalue weighted by Crippen LogP contribution is 2.21. The van der Waals surface area contributed by atoms with Gasteiger partial charge >= 0.3 is 6.03 Å². The summed E-state index contributed by atoms with van der Waals surface area (Å²) < 4.78 is 11.2. The molecule has 3 rings (SSSR count). The molecule has 2 fully saturated rings. The number of nitrogens with zero attached hydrogens (tertiary/aromatic N) is 1. The van der Waals surface area contributed by atoms with Gasteiger partial charge in [0.1, 0.15) is 11.9 Å². The van der Waals surface area contributed by atoms with Crippen LogP contribution in [-0.4, -0.2) is 49.4 Å². The number of halogens is 1. The third-order valence-corrected chi connectivity index (χ3v) is 3.97. The molecule has 2 aliphatic rings. The SMILES string of the molecule is O=C(NCC1CCCO1)N1CC(Oc2cccc(Cl)c2)C1. The van der Waals surface area contributed by atoms with Gasteiger partial charge in [-0.2, -0.15) is 0 Å². The predicted molar refractivity (Wildman–Crippen MR) is 79.8 cm³/mol. The minimum absolute atomic E-state index is 0.0388. The molecule has 0 saturated carbocycles. The van der Waals surface area contributed by atoms with Gasteiger partial charge < -0.3 is 19.7 Å². The van der Waals surface area contributed by atoms with Crippen LogP contribution in [0.4, 0.5) is 4.79 Å². The van der Waals surface area contributed by atoms with Crippen molar-refractivity contribution in [3.05, 3.63) is 29.3 Å². The number of ether oxygens (including phenoxy) is 2. The number of likely N-dealkylation sites (tertiary alicyclic amines) is 1. The van der Waals surface area contributed by atoms with E-state index in [0.29, 0.717) is 24.7 Å². The number of hydrogen-bond donors (Lipinski definition) is 1. The summed E-state index contributed by atoms with van der Waals surface area (Å²) in [5.74, 6) is 0.743. The number of nitrogens with one attached hydrogen (secondary N) is 1. The minimum atomic E-state index is -0.0450. The maximum Gasteiger partial charge on any atom is 0.317 e. The molecule has 6 heteroatoms. The van der Waals surface area contributed by atoms with Gasteiger partial charge in [-0.15, -0.1) is 0 Å². The molecule has 2 saturated heterocycles. The summed E-state index contributed by atoms with van der Waals surface area (Å²) in [4.78, 5) is 13.7. The van der Waals surface area contributed by atoms with Crippen molar-refractivity contribution in [1.82, 2.24) is 10.2 Å². The fourth-order valence-corrected chi connectivity index (χ4v) is 2.71. The van der Waals surface area contributed by atoms with E-state index in [1.165, 1.54) is 0 Å². The van der Waals surface area contributed by atoms with Crippen molar-refractivity contribution in [2.45, 2.75) is 25.0 Å². The van der Waals surface area contributed by atoms with Crippen molar-refractivity contribution in [3.63, 3.8) is 0 Å². The van der Waals surface area contributed by atoms with Crippen LogP contribution >= 0.6 is 11.6 Å². The van der Waals surface area contributed by atoms with E-state index in [4.69, 9.17) is 21.1 Å². The van der Waals surface area contributed by atoms with Gasteiger partial charge in [0.15, 0.2) is 0 Å². The van der Waals surface area contributed by atoms with Gasteiger partial charge in [0.25, 0.3) is 0 Å². The molecule has 1 unspecified atom stereocenters. The molecule has 5 nitrogen and oxygen atoms in total. The highest BCUT2D eigenvalue weighted by Gasteiger charge is 2.32. The Morgan fingerprint density at radius 2 is 2.33 bits per heavy atom. The molecule has 21 heavy (non-hydrogen) atoms. The highest BCUT2D eigenvalue weighted by atomic mass is 35.5. The van der Waals surface area contributed by atoms with E-state index in [0.717, 1.165) is 25.2 Å². The summed E-state index contributed by atoms with van der Waals surface area (Å²) in [7, 11) is 0. The highest BCUT2D eigenvalue weighted by molar-refractivity contribution is 6.30. The van der Waals surface area contributed by atoms with Gasteiger partial charge in [-0.05, 0) is 31.0 Å². The lowest BCUT2D eigenvalue weighted by atomic mass is 10.2. The first-order chi connectivity index (χ1) is 10.2. The fourth-order valence-electron chi connectivity index (χ4n) is 2.53. The maximum absolute atomic E-state index is 11.9. The zero-order valence-corrected chi connectivity index (χ0v) is 12.5. The summed E-state index contributed by atoms with van der Waals surface area (Å²) in [6.45, 7) is 2.60. The zero-order chi connectivity index (χ0) is 14.7. The molecule has 1 aromatic carbocycles. The average molecular weight is 311 g/mol. The molecule has 0 radical (unpaired) electrons. The van der Waals surface area contributed by atoms with E-state index < -0.39 is 0 Å². The monoisotopic (exact) mass is 310 g/mol. The lowest BCUT2D eigenvalue weighted by Crippen LogP contribution is -2.59. The first-order valence-electron chi connectivity index (χ1n) is 7.27. The van der Waals surface area contributed by atoms with Gasteiger partial charge in [0.2, 0.25) is 0 Å². The molecule has 114 valence electrons. The molecule has 1 N–H and O–H groups in total. The standard InChI is InChI=1S/C15H19ClN2O3/c16-11-3-1-4-12(7-11)21-14-9-18(10-14)15(19)17-8-13-5-2-6-20-13/h1,3-4,7,13-14H,2,5-6,8-10H2,(H,17,19). The quantitative estimate of drug-likeness (QED) is 0.928. The molecule has 0 bridgehead atoms. The van der Waals surface area contributed by atoms with E-state index in [1.807, 2.05) is 12.1 Å². The summed E-state index contributed by atoms with van der Waals surface area (Å²) in [6, 6.07) is 7.26. The van der Waals surface area contributed by atoms with Crippen molar-refractivity contribution in [2.24, 2.45) is 0 Å². The van der Waals surface area contributed by atoms with Crippen LogP contribution in [0.3, 0.4) is 0 Å². The average Bonchev–Trinajstić information content (AvgIpc) is 2.93. The van der Waals surface area contributed by atoms with Crippen molar-refractivity contribution in [1.29, 1.82) is 0 Å². The second-order valence-electron chi connectivity index (χ2n) is 5.42. The summed E-state index contributed by atoms with van der Waals surface area (Å²) in [6.07, 6.45) is 2.33. The van der Waals surface area contributed by atoms with Gasteiger partial charge in [0.05, 0.1) is 19.2 Å². The van der Waals surface area contributed by atoms with Gasteiger partial charge in [-0.1, -0.05) is 17.7 Å². The smallest absolute Gasteiger partial charge is 0.317 e. The van der Waals surface area contributed by atoms with E-state index in [2.05, 4.69) is 5.32 Å². The molecule has 0 aromatic heterocycles. The molecular weight excluding hydrogens is 292 g/mol. The Morgan fingerprint density at radius 3 is 3.05 bits per heavy atom. The number of urea groups is 1. The Hall–Kier alpha value is -1.46. The van der Waals surface area contributed by atoms with E-state index in [9.17, 15) is 4.79 Å². The maximum atomic E-state index is 11.9. The Labute approximate surface area is 129 Å². The molecule has 2 aliphatic heterocycles. The second kappa shape index (κ2) is 6.54. The van der Waals surface area contributed by atoms with Crippen LogP contribution in [0, 0.1) is 0 Å². The summed E-state index contributed by atoms with van der Waals surface area (Å²) >= 11 is 5.91. The third kappa shape index (κ3) is 3.80. The summed E-state index contributed by atoms with van der Waals surface area (Å²) in [5.41, 5.74) is 0. The number of benzene rings is 1. The zero-order valence-electron chi connectivity index (χ0n) is 11.8. The van der Waals surface area contributed by atoms with Gasteiger partial charge in [-0.25, -0.2) is 4.79 Å². The second-order valence-corrected chi connectivity index (χ2v) is 5.86. The first kappa shape index (κ1) is 14.5. The van der Waals surface area contributed by atoms with Gasteiger partial charge in [-0.3, -0.25) is 0 Å². The van der Waals surface area contributed by atoms with Crippen LogP contribution in [0.25, 0.3) is 0 Å². The van der Waals surface area contributed by atoms with Crippen molar-refractivity contribution < 1.29 is 14.3 Å². The lowest BCUT2D eigenvalue weighted by molar-refractivity contribution is 0.0421. The molecular formula is C15H19ClN2O3. The lowest BCUT2D eigenvalue weighted by Gasteiger charge is -2.39. The van der Waals surface area contributed by atoms with Crippen molar-refractivity contribution in [2.75, 3.05) is 26.2 Å². The van der Waals surface area contributed by atoms with Crippen LogP contribution in [-0.2, 0) is 4.74 Å². The van der Waals surface area contributed by atoms with E-state index >= 15 is 0 Å². The topological polar surface area (TPSA) is 50.8 Å². The number of rotatable bonds is 4. The molecule has 2 heterocycles. The largest absolute Gasteiger partial charge is 0.487 e. The number of amides is 2. The Kier molecular flexibility index (Phi) is 4.51. The number of carbonyl (C=O) groups is 1. The van der Waals surface area contributed by atoms with E-state index in [1.54, 1.807) is 17.0 Å². The van der Waals surface area contributed by atoms with Crippen molar-refractivity contribution >= 4 is 17.6 Å². The minimum Gasteiger partial charge on any atom is -0.487 e. The van der Waals surface area contributed by atoms with Crippen LogP contribution in [0.5, 0.6) is 5.75 Å². The van der Waals surface area contributed by atoms with Crippen LogP contribution in [0.15, 0.2) is 24.3 Å². The number of hydrogen-bond acceptors (Lipinski definition) is 3. The summed E-state index contributed by atoms with van der Waals surface area (Å²) in [5, 5.41) is 3.56. The van der Waals surface area contributed by atoms with Crippen molar-refractivity contribution in [3.8, 4) is 5.75 Å². The fraction of sp³-hybridized carbons (Fsp3) is 0.533. The van der Waals surface area contributed by atoms with Crippen LogP contribution in [0.2, 0.25) is 5.02 Å². The first-order valence-corrected chi connectivity index (χ1v) is 7.65. The van der Waals surface area contributed by atoms with Gasteiger partial charge in [0, 0.05) is 18.2 Å². The number of carbonyl (C=O) groups excluding carboxylic acids is 1. The van der Waals surface area contributed by atoms with Crippen LogP contribution in [0.1, 0.15) is 12.8 Å². The van der Waals surface area contributed by atoms with E-state index in [-0.39, 0.29) is 18.2 Å². The molecule has 1 aromatic rings.